The Morgan fingerprint density at radius 1 is 0.296 bits per heavy atom. The van der Waals surface area contributed by atoms with Gasteiger partial charge in [-0.25, -0.2) is 24.9 Å². The Kier molecular flexibility index (Phi) is 9.35. The molecule has 0 radical (unpaired) electrons. The molecule has 0 amide bonds. The van der Waals surface area contributed by atoms with E-state index in [2.05, 4.69) is 138 Å². The van der Waals surface area contributed by atoms with Gasteiger partial charge in [0.05, 0.1) is 11.0 Å². The number of fused-ring (bicyclic) bond motifs is 7. The molecule has 14 rings (SSSR count). The van der Waals surface area contributed by atoms with Gasteiger partial charge in [-0.3, -0.25) is 0 Å². The van der Waals surface area contributed by atoms with E-state index in [9.17, 15) is 0 Å². The van der Waals surface area contributed by atoms with Crippen LogP contribution in [0.1, 0.15) is 0 Å². The van der Waals surface area contributed by atoms with Crippen LogP contribution in [0.3, 0.4) is 0 Å². The van der Waals surface area contributed by atoms with Crippen LogP contribution >= 0.6 is 0 Å². The van der Waals surface area contributed by atoms with E-state index in [0.29, 0.717) is 29.3 Å². The fraction of sp³-hybridized carbons (Fsp3) is 0. The molecule has 0 aliphatic rings. The Labute approximate surface area is 406 Å². The van der Waals surface area contributed by atoms with Gasteiger partial charge in [0.15, 0.2) is 28.6 Å². The first-order valence-corrected chi connectivity index (χ1v) is 23.6. The first-order chi connectivity index (χ1) is 35.1. The van der Waals surface area contributed by atoms with Crippen LogP contribution in [0, 0.1) is 0 Å². The molecule has 10 aromatic carbocycles. The van der Waals surface area contributed by atoms with Crippen LogP contribution in [0.2, 0.25) is 0 Å². The highest BCUT2D eigenvalue weighted by Gasteiger charge is 2.18. The number of benzene rings is 10. The van der Waals surface area contributed by atoms with Crippen molar-refractivity contribution in [3.05, 3.63) is 231 Å². The summed E-state index contributed by atoms with van der Waals surface area (Å²) in [7, 11) is 0. The average molecular weight is 911 g/mol. The third-order valence-corrected chi connectivity index (χ3v) is 13.3. The molecule has 332 valence electrons. The second-order valence-electron chi connectivity index (χ2n) is 17.7. The fourth-order valence-corrected chi connectivity index (χ4v) is 9.79. The third kappa shape index (κ3) is 7.13. The molecule has 0 N–H and O–H groups in total. The summed E-state index contributed by atoms with van der Waals surface area (Å²) in [6, 6.07) is 79.4. The molecule has 0 aliphatic carbocycles. The Hall–Kier alpha value is -9.79. The molecule has 0 bridgehead atoms. The maximum Gasteiger partial charge on any atom is 0.227 e. The van der Waals surface area contributed by atoms with Gasteiger partial charge < -0.3 is 13.4 Å². The molecular weight excluding hydrogens is 873 g/mol. The van der Waals surface area contributed by atoms with E-state index in [1.54, 1.807) is 0 Å². The quantitative estimate of drug-likeness (QED) is 0.150. The van der Waals surface area contributed by atoms with Crippen LogP contribution in [0.25, 0.3) is 140 Å². The minimum atomic E-state index is 0.547. The second kappa shape index (κ2) is 16.5. The van der Waals surface area contributed by atoms with Crippen molar-refractivity contribution in [3.63, 3.8) is 0 Å². The van der Waals surface area contributed by atoms with Crippen LogP contribution in [-0.4, -0.2) is 29.5 Å². The maximum atomic E-state index is 6.08. The van der Waals surface area contributed by atoms with E-state index >= 15 is 0 Å². The lowest BCUT2D eigenvalue weighted by molar-refractivity contribution is 0.619. The third-order valence-electron chi connectivity index (χ3n) is 13.3. The van der Waals surface area contributed by atoms with Crippen LogP contribution < -0.4 is 0 Å². The summed E-state index contributed by atoms with van der Waals surface area (Å²) in [6.07, 6.45) is 0. The minimum absolute atomic E-state index is 0.547. The van der Waals surface area contributed by atoms with E-state index in [1.165, 1.54) is 43.7 Å². The van der Waals surface area contributed by atoms with Crippen LogP contribution in [0.5, 0.6) is 0 Å². The van der Waals surface area contributed by atoms with Gasteiger partial charge in [0, 0.05) is 44.3 Å². The summed E-state index contributed by atoms with van der Waals surface area (Å²) in [5.74, 6) is 2.77. The molecule has 0 saturated heterocycles. The Morgan fingerprint density at radius 3 is 1.37 bits per heavy atom. The van der Waals surface area contributed by atoms with E-state index in [0.717, 1.165) is 66.8 Å². The summed E-state index contributed by atoms with van der Waals surface area (Å²) in [4.78, 5) is 24.7. The highest BCUT2D eigenvalue weighted by Crippen LogP contribution is 2.40. The van der Waals surface area contributed by atoms with Crippen molar-refractivity contribution < 1.29 is 8.83 Å². The summed E-state index contributed by atoms with van der Waals surface area (Å²) in [5.41, 5.74) is 15.4. The average Bonchev–Trinajstić information content (AvgIpc) is 4.18. The highest BCUT2D eigenvalue weighted by molar-refractivity contribution is 6.22. The zero-order chi connectivity index (χ0) is 46.8. The van der Waals surface area contributed by atoms with Crippen LogP contribution in [-0.2, 0) is 0 Å². The van der Waals surface area contributed by atoms with Crippen molar-refractivity contribution in [1.29, 1.82) is 0 Å². The van der Waals surface area contributed by atoms with Crippen molar-refractivity contribution in [2.75, 3.05) is 0 Å². The number of para-hydroxylation sites is 5. The maximum absolute atomic E-state index is 6.08. The molecule has 8 nitrogen and oxygen atoms in total. The topological polar surface area (TPSA) is 95.7 Å². The van der Waals surface area contributed by atoms with E-state index in [4.69, 9.17) is 33.8 Å². The van der Waals surface area contributed by atoms with Crippen molar-refractivity contribution in [3.8, 4) is 85.0 Å². The van der Waals surface area contributed by atoms with Gasteiger partial charge >= 0.3 is 0 Å². The van der Waals surface area contributed by atoms with Crippen LogP contribution in [0.4, 0.5) is 0 Å². The molecule has 0 fully saturated rings. The zero-order valence-electron chi connectivity index (χ0n) is 37.9. The molecule has 4 aromatic heterocycles. The minimum Gasteiger partial charge on any atom is -0.436 e. The summed E-state index contributed by atoms with van der Waals surface area (Å²) >= 11 is 0. The number of oxazole rings is 2. The lowest BCUT2D eigenvalue weighted by Crippen LogP contribution is -2.00. The fourth-order valence-electron chi connectivity index (χ4n) is 9.79. The van der Waals surface area contributed by atoms with Gasteiger partial charge in [0.2, 0.25) is 11.8 Å². The summed E-state index contributed by atoms with van der Waals surface area (Å²) in [5, 5.41) is 4.84. The molecule has 14 aromatic rings. The van der Waals surface area contributed by atoms with Crippen molar-refractivity contribution in [2.24, 2.45) is 0 Å². The smallest absolute Gasteiger partial charge is 0.227 e. The van der Waals surface area contributed by atoms with Gasteiger partial charge in [0.25, 0.3) is 0 Å². The first-order valence-electron chi connectivity index (χ1n) is 23.6. The summed E-state index contributed by atoms with van der Waals surface area (Å²) in [6.45, 7) is 0. The SMILES string of the molecule is c1ccc(-c2cccc(-n3c4ccccc4c4c5cc(-c6ccc(-c7nc(-c8ccc(-c9nc%10ccccc%10o9)cc8)nc(-c8ccc(-c9nc%10ccccc%10o9)cc8)n7)cc6)ccc5ccc43)c2)cc1. The first kappa shape index (κ1) is 40.3. The standard InChI is InChI=1S/C63H38N6O2/c1-2-11-39(12-3-1)47-13-10-14-49(37-47)69-54-18-7-4-15-50(54)58-51-38-48(34-23-41(51)35-36-55(58)69)40-21-24-42(25-22-40)59-66-60(43-26-30-45(31-27-43)62-64-52-16-5-8-19-56(52)70-62)68-61(67-59)44-28-32-46(33-29-44)63-65-53-17-6-9-20-57(53)71-63/h1-38H. The van der Waals surface area contributed by atoms with Crippen molar-refractivity contribution >= 4 is 54.8 Å². The summed E-state index contributed by atoms with van der Waals surface area (Å²) < 4.78 is 14.6. The molecular formula is C63H38N6O2. The monoisotopic (exact) mass is 910 g/mol. The van der Waals surface area contributed by atoms with Gasteiger partial charge in [-0.05, 0) is 112 Å². The van der Waals surface area contributed by atoms with E-state index < -0.39 is 0 Å². The van der Waals surface area contributed by atoms with Gasteiger partial charge in [0.1, 0.15) is 11.0 Å². The Balaban J connectivity index is 0.837. The molecule has 0 aliphatic heterocycles. The van der Waals surface area contributed by atoms with Gasteiger partial charge in [-0.15, -0.1) is 0 Å². The van der Waals surface area contributed by atoms with Gasteiger partial charge in [-0.2, -0.15) is 0 Å². The second-order valence-corrected chi connectivity index (χ2v) is 17.7. The van der Waals surface area contributed by atoms with Gasteiger partial charge in [-0.1, -0.05) is 152 Å². The molecule has 0 atom stereocenters. The molecule has 0 unspecified atom stereocenters. The highest BCUT2D eigenvalue weighted by atomic mass is 16.4. The largest absolute Gasteiger partial charge is 0.436 e. The van der Waals surface area contributed by atoms with E-state index in [1.807, 2.05) is 97.1 Å². The number of aromatic nitrogens is 6. The lowest BCUT2D eigenvalue weighted by Gasteiger charge is -2.11. The number of rotatable bonds is 8. The normalized spacial score (nSPS) is 11.7. The molecule has 71 heavy (non-hydrogen) atoms. The molecule has 0 saturated carbocycles. The zero-order valence-corrected chi connectivity index (χ0v) is 37.9. The number of hydrogen-bond donors (Lipinski definition) is 0. The van der Waals surface area contributed by atoms with Crippen LogP contribution in [0.15, 0.2) is 239 Å². The lowest BCUT2D eigenvalue weighted by atomic mass is 9.97. The van der Waals surface area contributed by atoms with Crippen molar-refractivity contribution in [2.45, 2.75) is 0 Å². The molecule has 4 heterocycles. The Bertz CT molecular complexity index is 4120. The van der Waals surface area contributed by atoms with Crippen molar-refractivity contribution in [1.82, 2.24) is 29.5 Å². The molecule has 0 spiro atoms. The molecule has 8 heteroatoms. The Morgan fingerprint density at radius 2 is 0.761 bits per heavy atom. The predicted molar refractivity (Wildman–Crippen MR) is 285 cm³/mol. The number of hydrogen-bond acceptors (Lipinski definition) is 7. The predicted octanol–water partition coefficient (Wildman–Crippen LogP) is 16.1. The van der Waals surface area contributed by atoms with E-state index in [-0.39, 0.29) is 0 Å². The number of nitrogens with zero attached hydrogens (tertiary/aromatic N) is 6.